The average Bonchev–Trinajstić information content (AvgIpc) is 2.93. The first kappa shape index (κ1) is 21.3. The number of amides is 2. The van der Waals surface area contributed by atoms with Gasteiger partial charge in [0.15, 0.2) is 9.84 Å². The molecule has 1 fully saturated rings. The zero-order chi connectivity index (χ0) is 21.0. The second-order valence-corrected chi connectivity index (χ2v) is 9.73. The van der Waals surface area contributed by atoms with E-state index in [2.05, 4.69) is 0 Å². The van der Waals surface area contributed by atoms with Gasteiger partial charge in [0.1, 0.15) is 0 Å². The van der Waals surface area contributed by atoms with Crippen LogP contribution in [-0.4, -0.2) is 62.5 Å². The zero-order valence-corrected chi connectivity index (χ0v) is 17.7. The Morgan fingerprint density at radius 1 is 0.897 bits per heavy atom. The largest absolute Gasteiger partial charge is 0.337 e. The van der Waals surface area contributed by atoms with Gasteiger partial charge in [0.05, 0.1) is 16.3 Å². The number of sulfone groups is 1. The first-order chi connectivity index (χ1) is 13.7. The second kappa shape index (κ2) is 8.97. The fourth-order valence-electron chi connectivity index (χ4n) is 3.36. The third-order valence-corrected chi connectivity index (χ3v) is 5.99. The maximum Gasteiger partial charge on any atom is 0.255 e. The molecular formula is C21H23ClN2O4S. The minimum absolute atomic E-state index is 0.0513. The van der Waals surface area contributed by atoms with Gasteiger partial charge in [0.2, 0.25) is 0 Å². The van der Waals surface area contributed by atoms with Gasteiger partial charge < -0.3 is 9.80 Å². The highest BCUT2D eigenvalue weighted by molar-refractivity contribution is 7.89. The molecule has 1 aliphatic rings. The van der Waals surface area contributed by atoms with Crippen molar-refractivity contribution in [2.24, 2.45) is 0 Å². The first-order valence-electron chi connectivity index (χ1n) is 9.34. The number of benzene rings is 2. The molecule has 29 heavy (non-hydrogen) atoms. The first-order valence-corrected chi connectivity index (χ1v) is 11.8. The Labute approximate surface area is 176 Å². The Hall–Kier alpha value is -2.38. The van der Waals surface area contributed by atoms with Crippen molar-refractivity contribution in [2.45, 2.75) is 12.2 Å². The highest BCUT2D eigenvalue weighted by Crippen LogP contribution is 2.19. The highest BCUT2D eigenvalue weighted by Gasteiger charge is 2.24. The summed E-state index contributed by atoms with van der Waals surface area (Å²) in [4.78, 5) is 29.0. The molecule has 6 nitrogen and oxygen atoms in total. The third-order valence-electron chi connectivity index (χ3n) is 4.80. The minimum atomic E-state index is -3.12. The van der Waals surface area contributed by atoms with E-state index in [0.717, 1.165) is 0 Å². The Bertz CT molecular complexity index is 1010. The van der Waals surface area contributed by atoms with Crippen molar-refractivity contribution in [3.05, 3.63) is 70.2 Å². The lowest BCUT2D eigenvalue weighted by molar-refractivity contribution is 0.0719. The Kier molecular flexibility index (Phi) is 6.59. The van der Waals surface area contributed by atoms with Crippen molar-refractivity contribution in [2.75, 3.05) is 32.4 Å². The number of carbonyl (C=O) groups excluding carboxylic acids is 2. The SMILES string of the molecule is CS(=O)(=O)Cc1ccc(C(=O)N2CCCN(C(=O)c3ccccc3Cl)CC2)cc1. The number of carbonyl (C=O) groups is 2. The van der Waals surface area contributed by atoms with Crippen LogP contribution in [0.5, 0.6) is 0 Å². The van der Waals surface area contributed by atoms with Crippen molar-refractivity contribution >= 4 is 33.3 Å². The summed E-state index contributed by atoms with van der Waals surface area (Å²) >= 11 is 6.14. The summed E-state index contributed by atoms with van der Waals surface area (Å²) in [7, 11) is -3.12. The molecule has 2 aromatic carbocycles. The van der Waals surface area contributed by atoms with Crippen LogP contribution in [-0.2, 0) is 15.6 Å². The van der Waals surface area contributed by atoms with Gasteiger partial charge >= 0.3 is 0 Å². The number of hydrogen-bond donors (Lipinski definition) is 0. The summed E-state index contributed by atoms with van der Waals surface area (Å²) in [5.41, 5.74) is 1.62. The smallest absolute Gasteiger partial charge is 0.255 e. The van der Waals surface area contributed by atoms with Gasteiger partial charge in [-0.15, -0.1) is 0 Å². The summed E-state index contributed by atoms with van der Waals surface area (Å²) in [5.74, 6) is -0.303. The number of hydrogen-bond acceptors (Lipinski definition) is 4. The van der Waals surface area contributed by atoms with Gasteiger partial charge in [-0.2, -0.15) is 0 Å². The molecule has 0 spiro atoms. The maximum absolute atomic E-state index is 12.8. The molecule has 1 saturated heterocycles. The van der Waals surface area contributed by atoms with Crippen LogP contribution in [0.1, 0.15) is 32.7 Å². The predicted octanol–water partition coefficient (Wildman–Crippen LogP) is 2.87. The summed E-state index contributed by atoms with van der Waals surface area (Å²) in [5, 5.41) is 0.420. The van der Waals surface area contributed by atoms with Gasteiger partial charge in [0.25, 0.3) is 11.8 Å². The second-order valence-electron chi connectivity index (χ2n) is 7.18. The molecule has 1 heterocycles. The van der Waals surface area contributed by atoms with E-state index < -0.39 is 9.84 Å². The number of nitrogens with zero attached hydrogens (tertiary/aromatic N) is 2. The van der Waals surface area contributed by atoms with E-state index in [9.17, 15) is 18.0 Å². The van der Waals surface area contributed by atoms with Crippen LogP contribution in [0.4, 0.5) is 0 Å². The normalized spacial score (nSPS) is 15.1. The van der Waals surface area contributed by atoms with Crippen molar-refractivity contribution in [3.8, 4) is 0 Å². The Balaban J connectivity index is 1.65. The Morgan fingerprint density at radius 2 is 1.48 bits per heavy atom. The highest BCUT2D eigenvalue weighted by atomic mass is 35.5. The van der Waals surface area contributed by atoms with Crippen molar-refractivity contribution in [3.63, 3.8) is 0 Å². The topological polar surface area (TPSA) is 74.8 Å². The van der Waals surface area contributed by atoms with Crippen LogP contribution in [0.25, 0.3) is 0 Å². The van der Waals surface area contributed by atoms with Gasteiger partial charge in [0, 0.05) is 38.0 Å². The molecule has 0 saturated carbocycles. The van der Waals surface area contributed by atoms with E-state index in [-0.39, 0.29) is 17.6 Å². The molecule has 154 valence electrons. The monoisotopic (exact) mass is 434 g/mol. The lowest BCUT2D eigenvalue weighted by Gasteiger charge is -2.22. The Morgan fingerprint density at radius 3 is 2.07 bits per heavy atom. The molecule has 3 rings (SSSR count). The van der Waals surface area contributed by atoms with Crippen LogP contribution in [0.3, 0.4) is 0 Å². The maximum atomic E-state index is 12.8. The number of rotatable bonds is 4. The van der Waals surface area contributed by atoms with Crippen molar-refractivity contribution in [1.82, 2.24) is 9.80 Å². The molecule has 0 aromatic heterocycles. The van der Waals surface area contributed by atoms with E-state index in [1.54, 1.807) is 58.3 Å². The minimum Gasteiger partial charge on any atom is -0.337 e. The van der Waals surface area contributed by atoms with Crippen LogP contribution in [0.2, 0.25) is 5.02 Å². The standard InChI is InChI=1S/C21H23ClN2O4S/c1-29(27,28)15-16-7-9-17(10-8-16)20(25)23-11-4-12-24(14-13-23)21(26)18-5-2-3-6-19(18)22/h2-3,5-10H,4,11-15H2,1H3. The van der Waals surface area contributed by atoms with Gasteiger partial charge in [-0.05, 0) is 36.2 Å². The van der Waals surface area contributed by atoms with Crippen LogP contribution < -0.4 is 0 Å². The lowest BCUT2D eigenvalue weighted by Crippen LogP contribution is -2.37. The number of halogens is 1. The zero-order valence-electron chi connectivity index (χ0n) is 16.2. The van der Waals surface area contributed by atoms with Crippen LogP contribution in [0, 0.1) is 0 Å². The molecular weight excluding hydrogens is 412 g/mol. The molecule has 0 bridgehead atoms. The summed E-state index contributed by atoms with van der Waals surface area (Å²) in [6.45, 7) is 1.97. The van der Waals surface area contributed by atoms with E-state index in [0.29, 0.717) is 54.3 Å². The van der Waals surface area contributed by atoms with Gasteiger partial charge in [-0.1, -0.05) is 35.9 Å². The van der Waals surface area contributed by atoms with Gasteiger partial charge in [-0.3, -0.25) is 9.59 Å². The van der Waals surface area contributed by atoms with E-state index in [1.165, 1.54) is 6.26 Å². The van der Waals surface area contributed by atoms with Crippen molar-refractivity contribution in [1.29, 1.82) is 0 Å². The third kappa shape index (κ3) is 5.58. The summed E-state index contributed by atoms with van der Waals surface area (Å²) < 4.78 is 22.8. The molecule has 0 unspecified atom stereocenters. The van der Waals surface area contributed by atoms with Gasteiger partial charge in [-0.25, -0.2) is 8.42 Å². The molecule has 0 atom stereocenters. The van der Waals surface area contributed by atoms with E-state index >= 15 is 0 Å². The summed E-state index contributed by atoms with van der Waals surface area (Å²) in [6.07, 6.45) is 1.85. The van der Waals surface area contributed by atoms with Crippen molar-refractivity contribution < 1.29 is 18.0 Å². The fourth-order valence-corrected chi connectivity index (χ4v) is 4.37. The molecule has 2 aromatic rings. The average molecular weight is 435 g/mol. The predicted molar refractivity (Wildman–Crippen MR) is 113 cm³/mol. The molecule has 0 N–H and O–H groups in total. The fraction of sp³-hybridized carbons (Fsp3) is 0.333. The molecule has 2 amide bonds. The molecule has 1 aliphatic heterocycles. The lowest BCUT2D eigenvalue weighted by atomic mass is 10.1. The molecule has 0 radical (unpaired) electrons. The molecule has 0 aliphatic carbocycles. The van der Waals surface area contributed by atoms with Crippen LogP contribution >= 0.6 is 11.6 Å². The quantitative estimate of drug-likeness (QED) is 0.741. The van der Waals surface area contributed by atoms with E-state index in [1.807, 2.05) is 0 Å². The molecule has 8 heteroatoms. The summed E-state index contributed by atoms with van der Waals surface area (Å²) in [6, 6.07) is 13.6. The van der Waals surface area contributed by atoms with E-state index in [4.69, 9.17) is 11.6 Å². The van der Waals surface area contributed by atoms with Crippen LogP contribution in [0.15, 0.2) is 48.5 Å².